The maximum absolute atomic E-state index is 13.1. The second-order valence-electron chi connectivity index (χ2n) is 4.02. The first kappa shape index (κ1) is 10.5. The number of nitrogens with two attached hydrogens (primary N) is 1. The maximum Gasteiger partial charge on any atom is 0.126 e. The van der Waals surface area contributed by atoms with Gasteiger partial charge in [-0.3, -0.25) is 5.43 Å². The predicted molar refractivity (Wildman–Crippen MR) is 57.6 cm³/mol. The molecule has 0 bridgehead atoms. The Balaban J connectivity index is 2.13. The van der Waals surface area contributed by atoms with Gasteiger partial charge in [-0.1, -0.05) is 12.1 Å². The molecule has 1 aliphatic heterocycles. The van der Waals surface area contributed by atoms with E-state index < -0.39 is 0 Å². The van der Waals surface area contributed by atoms with Crippen molar-refractivity contribution < 1.29 is 4.39 Å². The van der Waals surface area contributed by atoms with Gasteiger partial charge in [-0.2, -0.15) is 0 Å². The number of benzene rings is 1. The van der Waals surface area contributed by atoms with Crippen LogP contribution in [0.5, 0.6) is 0 Å². The second-order valence-corrected chi connectivity index (χ2v) is 4.02. The monoisotopic (exact) mass is 209 g/mol. The van der Waals surface area contributed by atoms with E-state index in [9.17, 15) is 4.39 Å². The van der Waals surface area contributed by atoms with E-state index in [2.05, 4.69) is 10.9 Å². The molecule has 1 fully saturated rings. The molecule has 2 atom stereocenters. The Kier molecular flexibility index (Phi) is 3.00. The van der Waals surface area contributed by atoms with Gasteiger partial charge in [0.05, 0.1) is 0 Å². The molecule has 0 radical (unpaired) electrons. The number of aryl methyl sites for hydroxylation is 1. The topological polar surface area (TPSA) is 50.1 Å². The van der Waals surface area contributed by atoms with Crippen LogP contribution in [0.15, 0.2) is 18.2 Å². The Morgan fingerprint density at radius 3 is 2.87 bits per heavy atom. The molecular formula is C11H16FN3. The quantitative estimate of drug-likeness (QED) is 0.681. The highest BCUT2D eigenvalue weighted by molar-refractivity contribution is 5.27. The van der Waals surface area contributed by atoms with Crippen LogP contribution in [0.4, 0.5) is 4.39 Å². The van der Waals surface area contributed by atoms with Gasteiger partial charge in [-0.15, -0.1) is 0 Å². The van der Waals surface area contributed by atoms with E-state index >= 15 is 0 Å². The molecule has 2 rings (SSSR count). The average Bonchev–Trinajstić information content (AvgIpc) is 2.70. The van der Waals surface area contributed by atoms with Crippen molar-refractivity contribution in [1.29, 1.82) is 0 Å². The fourth-order valence-electron chi connectivity index (χ4n) is 1.88. The van der Waals surface area contributed by atoms with Crippen LogP contribution in [0.1, 0.15) is 23.6 Å². The fraction of sp³-hybridized carbons (Fsp3) is 0.455. The lowest BCUT2D eigenvalue weighted by atomic mass is 10.0. The maximum atomic E-state index is 13.1. The molecule has 3 nitrogen and oxygen atoms in total. The largest absolute Gasteiger partial charge is 0.329 e. The summed E-state index contributed by atoms with van der Waals surface area (Å²) in [5, 5.41) is 0. The van der Waals surface area contributed by atoms with Crippen LogP contribution in [0.2, 0.25) is 0 Å². The Hall–Kier alpha value is -0.970. The summed E-state index contributed by atoms with van der Waals surface area (Å²) in [6.07, 6.45) is 0.946. The van der Waals surface area contributed by atoms with Gasteiger partial charge in [-0.05, 0) is 30.5 Å². The van der Waals surface area contributed by atoms with E-state index in [0.717, 1.165) is 12.0 Å². The Morgan fingerprint density at radius 1 is 1.47 bits per heavy atom. The highest BCUT2D eigenvalue weighted by atomic mass is 19.1. The lowest BCUT2D eigenvalue weighted by molar-refractivity contribution is 0.545. The van der Waals surface area contributed by atoms with Crippen LogP contribution >= 0.6 is 0 Å². The van der Waals surface area contributed by atoms with Crippen molar-refractivity contribution in [3.05, 3.63) is 35.1 Å². The summed E-state index contributed by atoms with van der Waals surface area (Å²) in [7, 11) is 0. The molecule has 0 aliphatic carbocycles. The summed E-state index contributed by atoms with van der Waals surface area (Å²) in [5.41, 5.74) is 13.6. The van der Waals surface area contributed by atoms with Gasteiger partial charge in [0.2, 0.25) is 0 Å². The Morgan fingerprint density at radius 2 is 2.27 bits per heavy atom. The number of hydrogen-bond donors (Lipinski definition) is 3. The third-order valence-electron chi connectivity index (χ3n) is 2.85. The zero-order valence-electron chi connectivity index (χ0n) is 8.76. The molecule has 4 heteroatoms. The second kappa shape index (κ2) is 4.26. The minimum Gasteiger partial charge on any atom is -0.329 e. The number of nitrogens with one attached hydrogen (secondary N) is 2. The first-order valence-electron chi connectivity index (χ1n) is 5.18. The first-order valence-corrected chi connectivity index (χ1v) is 5.18. The van der Waals surface area contributed by atoms with Crippen molar-refractivity contribution in [3.63, 3.8) is 0 Å². The lowest BCUT2D eigenvalue weighted by Gasteiger charge is -2.10. The van der Waals surface area contributed by atoms with Gasteiger partial charge in [0.15, 0.2) is 0 Å². The number of rotatable bonds is 2. The number of hydrazine groups is 1. The zero-order valence-corrected chi connectivity index (χ0v) is 8.76. The molecule has 1 aliphatic rings. The Bertz CT molecular complexity index is 354. The summed E-state index contributed by atoms with van der Waals surface area (Å²) < 4.78 is 13.1. The van der Waals surface area contributed by atoms with E-state index in [0.29, 0.717) is 18.2 Å². The molecule has 0 saturated carbocycles. The predicted octanol–water partition coefficient (Wildman–Crippen LogP) is 1.00. The van der Waals surface area contributed by atoms with Crippen LogP contribution in [0, 0.1) is 12.7 Å². The van der Waals surface area contributed by atoms with Crippen molar-refractivity contribution in [3.8, 4) is 0 Å². The molecular weight excluding hydrogens is 193 g/mol. The molecule has 1 heterocycles. The molecule has 82 valence electrons. The fourth-order valence-corrected chi connectivity index (χ4v) is 1.88. The third-order valence-corrected chi connectivity index (χ3v) is 2.85. The summed E-state index contributed by atoms with van der Waals surface area (Å²) >= 11 is 0. The molecule has 1 saturated heterocycles. The van der Waals surface area contributed by atoms with Gasteiger partial charge < -0.3 is 5.73 Å². The van der Waals surface area contributed by atoms with E-state index in [4.69, 9.17) is 5.73 Å². The normalized spacial score (nSPS) is 25.8. The van der Waals surface area contributed by atoms with E-state index in [-0.39, 0.29) is 11.9 Å². The van der Waals surface area contributed by atoms with Crippen LogP contribution in [-0.4, -0.2) is 12.6 Å². The molecule has 0 aromatic heterocycles. The van der Waals surface area contributed by atoms with Crippen molar-refractivity contribution >= 4 is 0 Å². The van der Waals surface area contributed by atoms with Crippen molar-refractivity contribution in [2.24, 2.45) is 5.73 Å². The minimum absolute atomic E-state index is 0.153. The SMILES string of the molecule is Cc1cc(C2CC(CN)NN2)ccc1F. The third kappa shape index (κ3) is 2.17. The van der Waals surface area contributed by atoms with Crippen LogP contribution in [-0.2, 0) is 0 Å². The lowest BCUT2D eigenvalue weighted by Crippen LogP contribution is -2.35. The molecule has 2 unspecified atom stereocenters. The first-order chi connectivity index (χ1) is 7.20. The molecule has 0 amide bonds. The van der Waals surface area contributed by atoms with Crippen LogP contribution in [0.3, 0.4) is 0 Å². The number of hydrogen-bond acceptors (Lipinski definition) is 3. The van der Waals surface area contributed by atoms with E-state index in [1.807, 2.05) is 12.1 Å². The van der Waals surface area contributed by atoms with Gasteiger partial charge in [-0.25, -0.2) is 9.82 Å². The smallest absolute Gasteiger partial charge is 0.126 e. The summed E-state index contributed by atoms with van der Waals surface area (Å²) in [5.74, 6) is -0.153. The van der Waals surface area contributed by atoms with Crippen molar-refractivity contribution in [2.75, 3.05) is 6.54 Å². The van der Waals surface area contributed by atoms with Gasteiger partial charge >= 0.3 is 0 Å². The van der Waals surface area contributed by atoms with Gasteiger partial charge in [0.1, 0.15) is 5.82 Å². The molecule has 1 aromatic carbocycles. The molecule has 4 N–H and O–H groups in total. The standard InChI is InChI=1S/C11H16FN3/c1-7-4-8(2-3-10(7)12)11-5-9(6-13)14-15-11/h2-4,9,11,14-15H,5-6,13H2,1H3. The van der Waals surface area contributed by atoms with Crippen molar-refractivity contribution in [2.45, 2.75) is 25.4 Å². The van der Waals surface area contributed by atoms with E-state index in [1.165, 1.54) is 6.07 Å². The van der Waals surface area contributed by atoms with Crippen LogP contribution < -0.4 is 16.6 Å². The van der Waals surface area contributed by atoms with Gasteiger partial charge in [0, 0.05) is 18.6 Å². The molecule has 0 spiro atoms. The highest BCUT2D eigenvalue weighted by Gasteiger charge is 2.23. The summed E-state index contributed by atoms with van der Waals surface area (Å²) in [6, 6.07) is 5.76. The zero-order chi connectivity index (χ0) is 10.8. The average molecular weight is 209 g/mol. The van der Waals surface area contributed by atoms with Crippen molar-refractivity contribution in [1.82, 2.24) is 10.9 Å². The summed E-state index contributed by atoms with van der Waals surface area (Å²) in [4.78, 5) is 0. The van der Waals surface area contributed by atoms with Gasteiger partial charge in [0.25, 0.3) is 0 Å². The summed E-state index contributed by atoms with van der Waals surface area (Å²) in [6.45, 7) is 2.39. The highest BCUT2D eigenvalue weighted by Crippen LogP contribution is 2.23. The Labute approximate surface area is 88.8 Å². The van der Waals surface area contributed by atoms with Crippen LogP contribution in [0.25, 0.3) is 0 Å². The minimum atomic E-state index is -0.153. The molecule has 15 heavy (non-hydrogen) atoms. The molecule has 1 aromatic rings. The number of halogens is 1. The van der Waals surface area contributed by atoms with E-state index in [1.54, 1.807) is 6.92 Å².